The number of nitrogens with zero attached hydrogens (tertiary/aromatic N) is 1. The second-order valence-electron chi connectivity index (χ2n) is 7.03. The molecule has 26 heavy (non-hydrogen) atoms. The number of piperidine rings is 1. The number of sulfonamides is 1. The monoisotopic (exact) mass is 436 g/mol. The van der Waals surface area contributed by atoms with Gasteiger partial charge in [-0.25, -0.2) is 13.1 Å². The second-order valence-corrected chi connectivity index (χ2v) is 9.72. The summed E-state index contributed by atoms with van der Waals surface area (Å²) in [4.78, 5) is 2.75. The average molecular weight is 437 g/mol. The van der Waals surface area contributed by atoms with Crippen molar-refractivity contribution in [2.24, 2.45) is 5.92 Å². The molecule has 140 valence electrons. The summed E-state index contributed by atoms with van der Waals surface area (Å²) < 4.78 is 28.8. The van der Waals surface area contributed by atoms with Crippen molar-refractivity contribution in [1.29, 1.82) is 0 Å². The van der Waals surface area contributed by atoms with Gasteiger partial charge in [-0.1, -0.05) is 45.8 Å². The zero-order valence-corrected chi connectivity index (χ0v) is 17.4. The summed E-state index contributed by atoms with van der Waals surface area (Å²) in [7, 11) is -3.43. The smallest absolute Gasteiger partial charge is 0.240 e. The van der Waals surface area contributed by atoms with Crippen molar-refractivity contribution in [3.8, 4) is 0 Å². The Labute approximate surface area is 164 Å². The van der Waals surface area contributed by atoms with Crippen molar-refractivity contribution in [1.82, 2.24) is 9.62 Å². The minimum atomic E-state index is -3.43. The van der Waals surface area contributed by atoms with Gasteiger partial charge in [-0.05, 0) is 62.1 Å². The van der Waals surface area contributed by atoms with Gasteiger partial charge in [-0.15, -0.1) is 0 Å². The average Bonchev–Trinajstić information content (AvgIpc) is 2.63. The van der Waals surface area contributed by atoms with Crippen LogP contribution in [0.15, 0.2) is 57.9 Å². The summed E-state index contributed by atoms with van der Waals surface area (Å²) in [5, 5.41) is 0. The van der Waals surface area contributed by atoms with Crippen LogP contribution in [0.2, 0.25) is 0 Å². The highest BCUT2D eigenvalue weighted by Crippen LogP contribution is 2.20. The molecule has 0 saturated carbocycles. The fourth-order valence-corrected chi connectivity index (χ4v) is 4.72. The van der Waals surface area contributed by atoms with E-state index in [2.05, 4.69) is 49.8 Å². The summed E-state index contributed by atoms with van der Waals surface area (Å²) >= 11 is 3.46. The van der Waals surface area contributed by atoms with E-state index in [9.17, 15) is 8.42 Å². The minimum absolute atomic E-state index is 0.339. The molecule has 3 rings (SSSR count). The first-order valence-electron chi connectivity index (χ1n) is 8.95. The first-order chi connectivity index (χ1) is 12.4. The maximum atomic E-state index is 12.5. The molecule has 0 aliphatic carbocycles. The highest BCUT2D eigenvalue weighted by atomic mass is 79.9. The van der Waals surface area contributed by atoms with Crippen LogP contribution in [-0.2, 0) is 16.6 Å². The van der Waals surface area contributed by atoms with Crippen LogP contribution >= 0.6 is 15.9 Å². The number of aryl methyl sites for hydroxylation is 1. The molecular formula is C20H25BrN2O2S. The fourth-order valence-electron chi connectivity index (χ4n) is 3.34. The third kappa shape index (κ3) is 5.39. The molecule has 0 radical (unpaired) electrons. The number of benzene rings is 2. The summed E-state index contributed by atoms with van der Waals surface area (Å²) in [6.07, 6.45) is 2.17. The molecule has 1 atom stereocenters. The first kappa shape index (κ1) is 19.5. The van der Waals surface area contributed by atoms with E-state index >= 15 is 0 Å². The van der Waals surface area contributed by atoms with Crippen LogP contribution in [0.3, 0.4) is 0 Å². The van der Waals surface area contributed by atoms with E-state index in [1.807, 2.05) is 19.1 Å². The Bertz CT molecular complexity index is 820. The first-order valence-corrected chi connectivity index (χ1v) is 11.2. The van der Waals surface area contributed by atoms with E-state index in [0.717, 1.165) is 42.5 Å². The third-order valence-corrected chi connectivity index (χ3v) is 6.78. The minimum Gasteiger partial charge on any atom is -0.299 e. The van der Waals surface area contributed by atoms with Crippen molar-refractivity contribution in [3.05, 3.63) is 64.1 Å². The quantitative estimate of drug-likeness (QED) is 0.745. The lowest BCUT2D eigenvalue weighted by atomic mass is 9.98. The maximum Gasteiger partial charge on any atom is 0.240 e. The molecule has 0 aromatic heterocycles. The summed E-state index contributed by atoms with van der Waals surface area (Å²) in [5.41, 5.74) is 2.34. The molecule has 0 spiro atoms. The van der Waals surface area contributed by atoms with Gasteiger partial charge < -0.3 is 0 Å². The number of likely N-dealkylation sites (tertiary alicyclic amines) is 1. The van der Waals surface area contributed by atoms with Gasteiger partial charge in [-0.3, -0.25) is 4.90 Å². The van der Waals surface area contributed by atoms with Gasteiger partial charge in [0.05, 0.1) is 4.90 Å². The molecule has 1 fully saturated rings. The van der Waals surface area contributed by atoms with Crippen LogP contribution in [0.1, 0.15) is 24.0 Å². The number of hydrogen-bond donors (Lipinski definition) is 1. The van der Waals surface area contributed by atoms with Crippen LogP contribution in [0.5, 0.6) is 0 Å². The van der Waals surface area contributed by atoms with Gasteiger partial charge in [-0.2, -0.15) is 0 Å². The Balaban J connectivity index is 1.54. The number of hydrogen-bond acceptors (Lipinski definition) is 3. The van der Waals surface area contributed by atoms with Crippen molar-refractivity contribution >= 4 is 26.0 Å². The summed E-state index contributed by atoms with van der Waals surface area (Å²) in [5.74, 6) is 0.347. The van der Waals surface area contributed by atoms with Gasteiger partial charge in [0.15, 0.2) is 0 Å². The predicted octanol–water partition coefficient (Wildman–Crippen LogP) is 3.95. The van der Waals surface area contributed by atoms with E-state index < -0.39 is 10.0 Å². The van der Waals surface area contributed by atoms with Gasteiger partial charge in [0.2, 0.25) is 10.0 Å². The lowest BCUT2D eigenvalue weighted by Gasteiger charge is -2.32. The van der Waals surface area contributed by atoms with Crippen LogP contribution < -0.4 is 4.72 Å². The lowest BCUT2D eigenvalue weighted by Crippen LogP contribution is -2.40. The molecule has 1 unspecified atom stereocenters. The highest BCUT2D eigenvalue weighted by Gasteiger charge is 2.22. The Morgan fingerprint density at radius 1 is 1.12 bits per heavy atom. The number of halogens is 1. The van der Waals surface area contributed by atoms with E-state index in [-0.39, 0.29) is 0 Å². The molecule has 2 aromatic carbocycles. The van der Waals surface area contributed by atoms with E-state index in [1.54, 1.807) is 12.1 Å². The Morgan fingerprint density at radius 3 is 2.50 bits per heavy atom. The molecule has 0 bridgehead atoms. The van der Waals surface area contributed by atoms with Crippen LogP contribution in [0, 0.1) is 12.8 Å². The standard InChI is InChI=1S/C20H25BrN2O2S/c1-16-4-10-20(11-5-16)26(24,25)22-13-18-3-2-12-23(15-18)14-17-6-8-19(21)9-7-17/h4-11,18,22H,2-3,12-15H2,1H3. The molecule has 1 heterocycles. The largest absolute Gasteiger partial charge is 0.299 e. The van der Waals surface area contributed by atoms with E-state index in [1.165, 1.54) is 5.56 Å². The fraction of sp³-hybridized carbons (Fsp3) is 0.400. The zero-order valence-electron chi connectivity index (χ0n) is 15.0. The van der Waals surface area contributed by atoms with Crippen molar-refractivity contribution in [2.45, 2.75) is 31.2 Å². The lowest BCUT2D eigenvalue weighted by molar-refractivity contribution is 0.169. The molecule has 1 saturated heterocycles. The topological polar surface area (TPSA) is 49.4 Å². The molecule has 6 heteroatoms. The second kappa shape index (κ2) is 8.65. The predicted molar refractivity (Wildman–Crippen MR) is 109 cm³/mol. The van der Waals surface area contributed by atoms with Gasteiger partial charge in [0.1, 0.15) is 0 Å². The summed E-state index contributed by atoms with van der Waals surface area (Å²) in [6, 6.07) is 15.4. The van der Waals surface area contributed by atoms with Crippen LogP contribution in [0.4, 0.5) is 0 Å². The Morgan fingerprint density at radius 2 is 1.81 bits per heavy atom. The van der Waals surface area contributed by atoms with Crippen LogP contribution in [0.25, 0.3) is 0 Å². The number of nitrogens with one attached hydrogen (secondary N) is 1. The van der Waals surface area contributed by atoms with E-state index in [4.69, 9.17) is 0 Å². The highest BCUT2D eigenvalue weighted by molar-refractivity contribution is 9.10. The zero-order chi connectivity index (χ0) is 18.6. The normalized spacial score (nSPS) is 18.8. The van der Waals surface area contributed by atoms with E-state index in [0.29, 0.717) is 17.4 Å². The van der Waals surface area contributed by atoms with Crippen molar-refractivity contribution in [2.75, 3.05) is 19.6 Å². The molecule has 0 amide bonds. The molecule has 2 aromatic rings. The Kier molecular flexibility index (Phi) is 6.51. The Hall–Kier alpha value is -1.21. The maximum absolute atomic E-state index is 12.5. The molecule has 4 nitrogen and oxygen atoms in total. The van der Waals surface area contributed by atoms with Gasteiger partial charge >= 0.3 is 0 Å². The SMILES string of the molecule is Cc1ccc(S(=O)(=O)NCC2CCCN(Cc3ccc(Br)cc3)C2)cc1. The van der Waals surface area contributed by atoms with Crippen molar-refractivity contribution in [3.63, 3.8) is 0 Å². The molecule has 1 N–H and O–H groups in total. The van der Waals surface area contributed by atoms with Gasteiger partial charge in [0, 0.05) is 24.1 Å². The third-order valence-electron chi connectivity index (χ3n) is 4.82. The molecule has 1 aliphatic rings. The molecule has 1 aliphatic heterocycles. The van der Waals surface area contributed by atoms with Gasteiger partial charge in [0.25, 0.3) is 0 Å². The number of rotatable bonds is 6. The summed E-state index contributed by atoms with van der Waals surface area (Å²) in [6.45, 7) is 5.34. The molecular weight excluding hydrogens is 412 g/mol. The van der Waals surface area contributed by atoms with Crippen LogP contribution in [-0.4, -0.2) is 33.0 Å². The van der Waals surface area contributed by atoms with Crippen molar-refractivity contribution < 1.29 is 8.42 Å².